The van der Waals surface area contributed by atoms with Crippen LogP contribution in [0.4, 0.5) is 0 Å². The highest BCUT2D eigenvalue weighted by Crippen LogP contribution is 2.47. The Labute approximate surface area is 118 Å². The lowest BCUT2D eigenvalue weighted by Crippen LogP contribution is -2.34. The van der Waals surface area contributed by atoms with Crippen LogP contribution < -0.4 is 14.2 Å². The van der Waals surface area contributed by atoms with Gasteiger partial charge in [-0.25, -0.2) is 0 Å². The molecule has 0 saturated heterocycles. The topological polar surface area (TPSA) is 27.7 Å². The smallest absolute Gasteiger partial charge is 0.168 e. The Kier molecular flexibility index (Phi) is 2.59. The molecule has 2 unspecified atom stereocenters. The van der Waals surface area contributed by atoms with Gasteiger partial charge in [-0.05, 0) is 24.1 Å². The molecule has 2 aliphatic heterocycles. The first-order valence-electron chi connectivity index (χ1n) is 6.91. The second kappa shape index (κ2) is 4.44. The average molecular weight is 268 g/mol. The monoisotopic (exact) mass is 268 g/mol. The highest BCUT2D eigenvalue weighted by atomic mass is 16.5. The van der Waals surface area contributed by atoms with Crippen molar-refractivity contribution in [2.75, 3.05) is 13.7 Å². The molecule has 2 atom stereocenters. The summed E-state index contributed by atoms with van der Waals surface area (Å²) >= 11 is 0. The maximum absolute atomic E-state index is 6.23. The molecule has 0 fully saturated rings. The zero-order chi connectivity index (χ0) is 13.5. The fraction of sp³-hybridized carbons (Fsp3) is 0.294. The molecule has 0 aromatic heterocycles. The van der Waals surface area contributed by atoms with Crippen LogP contribution in [0.2, 0.25) is 0 Å². The van der Waals surface area contributed by atoms with Crippen molar-refractivity contribution in [3.8, 4) is 17.2 Å². The molecule has 0 saturated carbocycles. The first kappa shape index (κ1) is 11.6. The summed E-state index contributed by atoms with van der Waals surface area (Å²) in [4.78, 5) is 0. The lowest BCUT2D eigenvalue weighted by atomic mass is 9.85. The minimum Gasteiger partial charge on any atom is -0.493 e. The molecule has 0 amide bonds. The predicted octanol–water partition coefficient (Wildman–Crippen LogP) is 3.38. The summed E-state index contributed by atoms with van der Waals surface area (Å²) in [5.74, 6) is 2.97. The van der Waals surface area contributed by atoms with Crippen molar-refractivity contribution in [2.24, 2.45) is 5.92 Å². The van der Waals surface area contributed by atoms with Gasteiger partial charge in [-0.15, -0.1) is 0 Å². The van der Waals surface area contributed by atoms with Gasteiger partial charge in [-0.3, -0.25) is 0 Å². The second-order valence-corrected chi connectivity index (χ2v) is 5.30. The molecule has 2 heterocycles. The lowest BCUT2D eigenvalue weighted by Gasteiger charge is -2.38. The van der Waals surface area contributed by atoms with Gasteiger partial charge in [0.15, 0.2) is 11.5 Å². The highest BCUT2D eigenvalue weighted by Gasteiger charge is 2.37. The Hall–Kier alpha value is -2.16. The zero-order valence-corrected chi connectivity index (χ0v) is 11.3. The predicted molar refractivity (Wildman–Crippen MR) is 75.5 cm³/mol. The van der Waals surface area contributed by atoms with Gasteiger partial charge in [0, 0.05) is 11.5 Å². The van der Waals surface area contributed by atoms with E-state index in [-0.39, 0.29) is 6.10 Å². The summed E-state index contributed by atoms with van der Waals surface area (Å²) in [7, 11) is 1.67. The van der Waals surface area contributed by atoms with Crippen LogP contribution in [0.25, 0.3) is 0 Å². The van der Waals surface area contributed by atoms with E-state index in [4.69, 9.17) is 14.2 Å². The fourth-order valence-electron chi connectivity index (χ4n) is 3.14. The van der Waals surface area contributed by atoms with E-state index in [0.29, 0.717) is 12.5 Å². The minimum absolute atomic E-state index is 0.0590. The van der Waals surface area contributed by atoms with Crippen LogP contribution in [0.1, 0.15) is 17.2 Å². The van der Waals surface area contributed by atoms with E-state index >= 15 is 0 Å². The number of hydrogen-bond donors (Lipinski definition) is 0. The van der Waals surface area contributed by atoms with Crippen molar-refractivity contribution in [3.63, 3.8) is 0 Å². The maximum atomic E-state index is 6.23. The Morgan fingerprint density at radius 1 is 1.10 bits per heavy atom. The van der Waals surface area contributed by atoms with E-state index < -0.39 is 0 Å². The van der Waals surface area contributed by atoms with Gasteiger partial charge >= 0.3 is 0 Å². The molecule has 0 aliphatic carbocycles. The van der Waals surface area contributed by atoms with Gasteiger partial charge in [0.2, 0.25) is 0 Å². The third-order valence-corrected chi connectivity index (χ3v) is 4.11. The highest BCUT2D eigenvalue weighted by molar-refractivity contribution is 5.50. The van der Waals surface area contributed by atoms with E-state index in [1.54, 1.807) is 7.11 Å². The van der Waals surface area contributed by atoms with Crippen LogP contribution in [0.5, 0.6) is 17.2 Å². The quantitative estimate of drug-likeness (QED) is 0.793. The Balaban J connectivity index is 1.78. The molecule has 4 rings (SSSR count). The van der Waals surface area contributed by atoms with Gasteiger partial charge in [-0.1, -0.05) is 30.3 Å². The molecule has 0 spiro atoms. The maximum Gasteiger partial charge on any atom is 0.168 e. The molecule has 3 nitrogen and oxygen atoms in total. The lowest BCUT2D eigenvalue weighted by molar-refractivity contribution is 0.0526. The van der Waals surface area contributed by atoms with Gasteiger partial charge in [0.25, 0.3) is 0 Å². The molecule has 0 N–H and O–H groups in total. The van der Waals surface area contributed by atoms with E-state index in [1.165, 1.54) is 5.56 Å². The van der Waals surface area contributed by atoms with Gasteiger partial charge in [-0.2, -0.15) is 0 Å². The number of benzene rings is 2. The van der Waals surface area contributed by atoms with Crippen molar-refractivity contribution < 1.29 is 14.2 Å². The SMILES string of the molecule is COc1cccc2c1OCC1Cc3ccccc3OC21. The van der Waals surface area contributed by atoms with E-state index in [9.17, 15) is 0 Å². The number of methoxy groups -OCH3 is 1. The van der Waals surface area contributed by atoms with Crippen molar-refractivity contribution in [1.29, 1.82) is 0 Å². The van der Waals surface area contributed by atoms with Crippen molar-refractivity contribution >= 4 is 0 Å². The van der Waals surface area contributed by atoms with Crippen LogP contribution in [-0.4, -0.2) is 13.7 Å². The van der Waals surface area contributed by atoms with E-state index in [1.807, 2.05) is 24.3 Å². The standard InChI is InChI=1S/C17H16O3/c1-18-15-8-4-6-13-16-12(10-19-17(13)15)9-11-5-2-3-7-14(11)20-16/h2-8,12,16H,9-10H2,1H3. The molecule has 0 bridgehead atoms. The largest absolute Gasteiger partial charge is 0.493 e. The van der Waals surface area contributed by atoms with E-state index in [0.717, 1.165) is 29.2 Å². The Morgan fingerprint density at radius 2 is 2.00 bits per heavy atom. The summed E-state index contributed by atoms with van der Waals surface area (Å²) in [5.41, 5.74) is 2.36. The summed E-state index contributed by atoms with van der Waals surface area (Å²) < 4.78 is 17.5. The fourth-order valence-corrected chi connectivity index (χ4v) is 3.14. The minimum atomic E-state index is 0.0590. The van der Waals surface area contributed by atoms with Crippen LogP contribution >= 0.6 is 0 Å². The number of para-hydroxylation sites is 2. The summed E-state index contributed by atoms with van der Waals surface area (Å²) in [6.07, 6.45) is 1.06. The van der Waals surface area contributed by atoms with E-state index in [2.05, 4.69) is 18.2 Å². The number of fused-ring (bicyclic) bond motifs is 4. The first-order chi connectivity index (χ1) is 9.86. The normalized spacial score (nSPS) is 22.6. The van der Waals surface area contributed by atoms with Crippen molar-refractivity contribution in [3.05, 3.63) is 53.6 Å². The van der Waals surface area contributed by atoms with Crippen LogP contribution in [0, 0.1) is 5.92 Å². The number of rotatable bonds is 1. The van der Waals surface area contributed by atoms with Crippen LogP contribution in [0.3, 0.4) is 0 Å². The molecular formula is C17H16O3. The molecule has 2 aromatic carbocycles. The summed E-state index contributed by atoms with van der Waals surface area (Å²) in [5, 5.41) is 0. The molecule has 102 valence electrons. The van der Waals surface area contributed by atoms with Gasteiger partial charge < -0.3 is 14.2 Å². The van der Waals surface area contributed by atoms with Gasteiger partial charge in [0.1, 0.15) is 11.9 Å². The second-order valence-electron chi connectivity index (χ2n) is 5.30. The number of hydrogen-bond acceptors (Lipinski definition) is 3. The van der Waals surface area contributed by atoms with Gasteiger partial charge in [0.05, 0.1) is 13.7 Å². The molecule has 3 heteroatoms. The van der Waals surface area contributed by atoms with Crippen LogP contribution in [-0.2, 0) is 6.42 Å². The third-order valence-electron chi connectivity index (χ3n) is 4.11. The molecular weight excluding hydrogens is 252 g/mol. The molecule has 20 heavy (non-hydrogen) atoms. The Bertz CT molecular complexity index is 650. The molecule has 0 radical (unpaired) electrons. The Morgan fingerprint density at radius 3 is 2.90 bits per heavy atom. The number of ether oxygens (including phenoxy) is 3. The van der Waals surface area contributed by atoms with Crippen molar-refractivity contribution in [2.45, 2.75) is 12.5 Å². The first-order valence-corrected chi connectivity index (χ1v) is 6.91. The van der Waals surface area contributed by atoms with Crippen molar-refractivity contribution in [1.82, 2.24) is 0 Å². The average Bonchev–Trinajstić information content (AvgIpc) is 2.52. The molecule has 2 aromatic rings. The molecule has 2 aliphatic rings. The van der Waals surface area contributed by atoms with Crippen LogP contribution in [0.15, 0.2) is 42.5 Å². The zero-order valence-electron chi connectivity index (χ0n) is 11.3. The summed E-state index contributed by atoms with van der Waals surface area (Å²) in [6.45, 7) is 0.673. The third kappa shape index (κ3) is 1.66. The summed E-state index contributed by atoms with van der Waals surface area (Å²) in [6, 6.07) is 14.2.